The van der Waals surface area contributed by atoms with Gasteiger partial charge in [0.1, 0.15) is 17.7 Å². The summed E-state index contributed by atoms with van der Waals surface area (Å²) in [6.07, 6.45) is 2.49. The second kappa shape index (κ2) is 16.3. The van der Waals surface area contributed by atoms with Crippen molar-refractivity contribution in [3.8, 4) is 0 Å². The van der Waals surface area contributed by atoms with E-state index in [1.807, 2.05) is 49.9 Å². The van der Waals surface area contributed by atoms with E-state index in [4.69, 9.17) is 4.74 Å². The lowest BCUT2D eigenvalue weighted by molar-refractivity contribution is -0.138. The Kier molecular flexibility index (Phi) is 12.1. The van der Waals surface area contributed by atoms with Gasteiger partial charge >= 0.3 is 6.09 Å². The molecule has 284 valence electrons. The van der Waals surface area contributed by atoms with Crippen LogP contribution in [0.1, 0.15) is 84.8 Å². The normalized spacial score (nSPS) is 17.4. The number of ether oxygens (including phenoxy) is 1. The van der Waals surface area contributed by atoms with E-state index in [2.05, 4.69) is 10.6 Å². The fourth-order valence-corrected chi connectivity index (χ4v) is 6.67. The molecular weight excluding hydrogens is 680 g/mol. The maximum absolute atomic E-state index is 14.4. The highest BCUT2D eigenvalue weighted by Gasteiger charge is 2.37. The summed E-state index contributed by atoms with van der Waals surface area (Å²) in [5.41, 5.74) is 2.51. The molecule has 0 saturated carbocycles. The lowest BCUT2D eigenvalue weighted by Gasteiger charge is -2.28. The number of halogens is 2. The average Bonchev–Trinajstić information content (AvgIpc) is 3.77. The number of nitrogens with one attached hydrogen (secondary N) is 2. The third kappa shape index (κ3) is 10.8. The van der Waals surface area contributed by atoms with Crippen molar-refractivity contribution >= 4 is 40.9 Å². The van der Waals surface area contributed by atoms with Gasteiger partial charge in [0.15, 0.2) is 11.6 Å². The predicted octanol–water partition coefficient (Wildman–Crippen LogP) is 7.88. The topological polar surface area (TPSA) is 111 Å². The molecule has 2 fully saturated rings. The van der Waals surface area contributed by atoms with Gasteiger partial charge in [-0.25, -0.2) is 13.6 Å². The quantitative estimate of drug-likeness (QED) is 0.220. The molecule has 2 saturated heterocycles. The van der Waals surface area contributed by atoms with E-state index in [0.717, 1.165) is 29.7 Å². The van der Waals surface area contributed by atoms with Crippen molar-refractivity contribution < 1.29 is 32.7 Å². The van der Waals surface area contributed by atoms with Crippen LogP contribution in [0, 0.1) is 17.0 Å². The minimum Gasteiger partial charge on any atom is -0.444 e. The van der Waals surface area contributed by atoms with Crippen molar-refractivity contribution in [1.82, 2.24) is 9.80 Å². The number of likely N-dealkylation sites (tertiary alicyclic amines) is 2. The zero-order valence-corrected chi connectivity index (χ0v) is 31.5. The maximum atomic E-state index is 14.4. The smallest absolute Gasteiger partial charge is 0.410 e. The molecule has 0 bridgehead atoms. The number of rotatable bonds is 10. The van der Waals surface area contributed by atoms with Gasteiger partial charge in [0.25, 0.3) is 0 Å². The van der Waals surface area contributed by atoms with Crippen LogP contribution in [0.25, 0.3) is 0 Å². The van der Waals surface area contributed by atoms with E-state index in [1.165, 1.54) is 11.0 Å². The fourth-order valence-electron chi connectivity index (χ4n) is 6.67. The van der Waals surface area contributed by atoms with E-state index >= 15 is 0 Å². The number of anilines is 3. The molecule has 3 aromatic rings. The van der Waals surface area contributed by atoms with Crippen molar-refractivity contribution in [2.75, 3.05) is 28.6 Å². The van der Waals surface area contributed by atoms with Gasteiger partial charge in [-0.2, -0.15) is 0 Å². The third-order valence-electron chi connectivity index (χ3n) is 9.20. The van der Waals surface area contributed by atoms with Gasteiger partial charge in [0.2, 0.25) is 17.7 Å². The van der Waals surface area contributed by atoms with E-state index in [9.17, 15) is 28.0 Å². The van der Waals surface area contributed by atoms with Gasteiger partial charge in [-0.05, 0) is 99.4 Å². The molecule has 0 radical (unpaired) electrons. The molecule has 4 amide bonds. The van der Waals surface area contributed by atoms with Crippen molar-refractivity contribution in [1.29, 1.82) is 0 Å². The lowest BCUT2D eigenvalue weighted by atomic mass is 9.91. The molecule has 2 N–H and O–H groups in total. The summed E-state index contributed by atoms with van der Waals surface area (Å²) in [7, 11) is 0. The minimum absolute atomic E-state index is 0.0158. The predicted molar refractivity (Wildman–Crippen MR) is 201 cm³/mol. The molecule has 2 aliphatic rings. The van der Waals surface area contributed by atoms with Gasteiger partial charge in [-0.1, -0.05) is 45.0 Å². The molecule has 0 aliphatic carbocycles. The standard InChI is InChI=1S/C41H51F2N5O5/c1-40(2,3)24-36(49)47-21-7-9-34(47)37(50)44-29-15-11-27(12-16-29)25-46(31-19-20-32(42)33(43)23-31)26-28-13-17-30(18-14-28)45-38(51)35-10-8-22-48(35)39(52)53-41(4,5)6/h11-20,23,34-35H,7-10,21-22,24-26H2,1-6H3,(H,44,50)(H,45,51)/t34-,35-/m0/s1. The van der Waals surface area contributed by atoms with Crippen molar-refractivity contribution in [3.05, 3.63) is 89.5 Å². The molecule has 53 heavy (non-hydrogen) atoms. The number of carbonyl (C=O) groups is 4. The first-order chi connectivity index (χ1) is 25.0. The molecule has 0 spiro atoms. The van der Waals surface area contributed by atoms with Crippen LogP contribution < -0.4 is 15.5 Å². The fraction of sp³-hybridized carbons (Fsp3) is 0.463. The maximum Gasteiger partial charge on any atom is 0.410 e. The summed E-state index contributed by atoms with van der Waals surface area (Å²) in [5.74, 6) is -2.43. The van der Waals surface area contributed by atoms with Crippen LogP contribution in [0.2, 0.25) is 0 Å². The van der Waals surface area contributed by atoms with Crippen molar-refractivity contribution in [3.63, 3.8) is 0 Å². The van der Waals surface area contributed by atoms with Crippen molar-refractivity contribution in [2.45, 2.75) is 104 Å². The van der Waals surface area contributed by atoms with Crippen LogP contribution in [0.4, 0.5) is 30.6 Å². The summed E-state index contributed by atoms with van der Waals surface area (Å²) in [6, 6.07) is 17.2. The van der Waals surface area contributed by atoms with E-state index in [-0.39, 0.29) is 23.1 Å². The second-order valence-corrected chi connectivity index (χ2v) is 16.1. The first-order valence-electron chi connectivity index (χ1n) is 18.2. The number of carbonyl (C=O) groups excluding carboxylic acids is 4. The van der Waals surface area contributed by atoms with Crippen LogP contribution in [-0.2, 0) is 32.2 Å². The van der Waals surface area contributed by atoms with E-state index in [0.29, 0.717) is 68.9 Å². The summed E-state index contributed by atoms with van der Waals surface area (Å²) in [5, 5.41) is 5.87. The molecule has 5 rings (SSSR count). The Balaban J connectivity index is 1.23. The van der Waals surface area contributed by atoms with Crippen LogP contribution in [-0.4, -0.2) is 64.4 Å². The number of hydrogen-bond acceptors (Lipinski definition) is 6. The zero-order valence-electron chi connectivity index (χ0n) is 31.5. The summed E-state index contributed by atoms with van der Waals surface area (Å²) < 4.78 is 33.8. The summed E-state index contributed by atoms with van der Waals surface area (Å²) in [6.45, 7) is 13.1. The minimum atomic E-state index is -0.960. The Morgan fingerprint density at radius 1 is 0.717 bits per heavy atom. The number of nitrogens with zero attached hydrogens (tertiary/aromatic N) is 3. The van der Waals surface area contributed by atoms with Gasteiger partial charge in [-0.15, -0.1) is 0 Å². The summed E-state index contributed by atoms with van der Waals surface area (Å²) >= 11 is 0. The number of hydrogen-bond donors (Lipinski definition) is 2. The van der Waals surface area contributed by atoms with Crippen LogP contribution in [0.15, 0.2) is 66.7 Å². The van der Waals surface area contributed by atoms with Gasteiger partial charge in [0, 0.05) is 55.7 Å². The Morgan fingerprint density at radius 3 is 1.68 bits per heavy atom. The van der Waals surface area contributed by atoms with Crippen molar-refractivity contribution in [2.24, 2.45) is 5.41 Å². The largest absolute Gasteiger partial charge is 0.444 e. The van der Waals surface area contributed by atoms with Crippen LogP contribution in [0.3, 0.4) is 0 Å². The Labute approximate surface area is 310 Å². The highest BCUT2D eigenvalue weighted by atomic mass is 19.2. The molecule has 0 aromatic heterocycles. The van der Waals surface area contributed by atoms with Gasteiger partial charge < -0.3 is 25.2 Å². The highest BCUT2D eigenvalue weighted by molar-refractivity contribution is 5.98. The van der Waals surface area contributed by atoms with E-state index in [1.54, 1.807) is 49.9 Å². The van der Waals surface area contributed by atoms with Gasteiger partial charge in [-0.3, -0.25) is 19.3 Å². The third-order valence-corrected chi connectivity index (χ3v) is 9.20. The molecule has 10 nitrogen and oxygen atoms in total. The number of benzene rings is 3. The molecular formula is C41H51F2N5O5. The molecule has 2 atom stereocenters. The zero-order chi connectivity index (χ0) is 38.5. The lowest BCUT2D eigenvalue weighted by Crippen LogP contribution is -2.45. The molecule has 0 unspecified atom stereocenters. The average molecular weight is 732 g/mol. The SMILES string of the molecule is CC(C)(C)CC(=O)N1CCC[C@H]1C(=O)Nc1ccc(CN(Cc2ccc(NC(=O)[C@@H]3CCCN3C(=O)OC(C)(C)C)cc2)c2ccc(F)c(F)c2)cc1. The second-order valence-electron chi connectivity index (χ2n) is 16.1. The van der Waals surface area contributed by atoms with E-state index < -0.39 is 35.4 Å². The first kappa shape index (κ1) is 39.2. The Morgan fingerprint density at radius 2 is 1.21 bits per heavy atom. The molecule has 12 heteroatoms. The number of amides is 4. The Bertz CT molecular complexity index is 1680. The first-order valence-corrected chi connectivity index (χ1v) is 18.2. The highest BCUT2D eigenvalue weighted by Crippen LogP contribution is 2.28. The monoisotopic (exact) mass is 731 g/mol. The Hall–Kier alpha value is -5.00. The summed E-state index contributed by atoms with van der Waals surface area (Å²) in [4.78, 5) is 57.0. The molecule has 2 heterocycles. The van der Waals surface area contributed by atoms with Crippen LogP contribution >= 0.6 is 0 Å². The molecule has 3 aromatic carbocycles. The van der Waals surface area contributed by atoms with Crippen LogP contribution in [0.5, 0.6) is 0 Å². The molecule has 2 aliphatic heterocycles. The van der Waals surface area contributed by atoms with Gasteiger partial charge in [0.05, 0.1) is 0 Å².